The van der Waals surface area contributed by atoms with Crippen molar-refractivity contribution in [1.29, 1.82) is 0 Å². The van der Waals surface area contributed by atoms with Gasteiger partial charge in [-0.15, -0.1) is 0 Å². The Morgan fingerprint density at radius 3 is 2.07 bits per heavy atom. The van der Waals surface area contributed by atoms with E-state index in [0.717, 1.165) is 25.7 Å². The Morgan fingerprint density at radius 1 is 0.815 bits per heavy atom. The third-order valence-corrected chi connectivity index (χ3v) is 4.28. The molecule has 0 aromatic heterocycles. The Balaban J connectivity index is 3.57. The second-order valence-electron chi connectivity index (χ2n) is 7.00. The van der Waals surface area contributed by atoms with Crippen LogP contribution in [0.2, 0.25) is 0 Å². The SMILES string of the molecule is CCCCC/C=C\CCCCCCCC(=O)OC(CO)COC(=O)CCC. The van der Waals surface area contributed by atoms with E-state index in [0.29, 0.717) is 19.3 Å². The summed E-state index contributed by atoms with van der Waals surface area (Å²) in [7, 11) is 0. The Bertz CT molecular complexity index is 392. The van der Waals surface area contributed by atoms with Gasteiger partial charge in [-0.25, -0.2) is 0 Å². The molecule has 0 aromatic rings. The van der Waals surface area contributed by atoms with Gasteiger partial charge in [0.1, 0.15) is 6.61 Å². The van der Waals surface area contributed by atoms with Crippen LogP contribution < -0.4 is 0 Å². The molecule has 1 N–H and O–H groups in total. The lowest BCUT2D eigenvalue weighted by molar-refractivity contribution is -0.161. The lowest BCUT2D eigenvalue weighted by Crippen LogP contribution is -2.28. The van der Waals surface area contributed by atoms with Crippen molar-refractivity contribution in [2.45, 2.75) is 103 Å². The molecule has 1 unspecified atom stereocenters. The van der Waals surface area contributed by atoms with E-state index in [1.54, 1.807) is 0 Å². The third kappa shape index (κ3) is 17.8. The van der Waals surface area contributed by atoms with E-state index in [9.17, 15) is 14.7 Å². The van der Waals surface area contributed by atoms with Gasteiger partial charge in [0, 0.05) is 12.8 Å². The molecule has 27 heavy (non-hydrogen) atoms. The van der Waals surface area contributed by atoms with E-state index in [-0.39, 0.29) is 25.2 Å². The van der Waals surface area contributed by atoms with Crippen LogP contribution >= 0.6 is 0 Å². The molecule has 0 aromatic carbocycles. The highest BCUT2D eigenvalue weighted by Crippen LogP contribution is 2.10. The summed E-state index contributed by atoms with van der Waals surface area (Å²) < 4.78 is 10.1. The first-order valence-corrected chi connectivity index (χ1v) is 10.7. The van der Waals surface area contributed by atoms with Crippen LogP contribution in [0.25, 0.3) is 0 Å². The summed E-state index contributed by atoms with van der Waals surface area (Å²) in [5, 5.41) is 9.22. The molecule has 1 atom stereocenters. The number of hydrogen-bond acceptors (Lipinski definition) is 5. The van der Waals surface area contributed by atoms with Crippen molar-refractivity contribution < 1.29 is 24.2 Å². The van der Waals surface area contributed by atoms with Gasteiger partial charge in [0.25, 0.3) is 0 Å². The van der Waals surface area contributed by atoms with Crippen molar-refractivity contribution in [3.63, 3.8) is 0 Å². The largest absolute Gasteiger partial charge is 0.462 e. The van der Waals surface area contributed by atoms with Crippen LogP contribution in [0, 0.1) is 0 Å². The number of ether oxygens (including phenoxy) is 2. The summed E-state index contributed by atoms with van der Waals surface area (Å²) in [6.07, 6.45) is 16.7. The lowest BCUT2D eigenvalue weighted by Gasteiger charge is -2.15. The first kappa shape index (κ1) is 25.6. The normalized spacial score (nSPS) is 12.3. The van der Waals surface area contributed by atoms with Gasteiger partial charge in [0.15, 0.2) is 6.10 Å². The smallest absolute Gasteiger partial charge is 0.306 e. The number of allylic oxidation sites excluding steroid dienone is 2. The van der Waals surface area contributed by atoms with E-state index < -0.39 is 6.10 Å². The maximum atomic E-state index is 11.8. The fourth-order valence-electron chi connectivity index (χ4n) is 2.64. The summed E-state index contributed by atoms with van der Waals surface area (Å²) in [5.74, 6) is -0.668. The molecule has 5 nitrogen and oxygen atoms in total. The average Bonchev–Trinajstić information content (AvgIpc) is 2.66. The van der Waals surface area contributed by atoms with Crippen LogP contribution in [-0.2, 0) is 19.1 Å². The first-order chi connectivity index (χ1) is 13.1. The van der Waals surface area contributed by atoms with Gasteiger partial charge in [-0.05, 0) is 38.5 Å². The Kier molecular flexibility index (Phi) is 18.4. The van der Waals surface area contributed by atoms with E-state index in [4.69, 9.17) is 9.47 Å². The highest BCUT2D eigenvalue weighted by Gasteiger charge is 2.15. The number of aliphatic hydroxyl groups is 1. The van der Waals surface area contributed by atoms with Crippen LogP contribution in [0.3, 0.4) is 0 Å². The minimum absolute atomic E-state index is 0.0764. The van der Waals surface area contributed by atoms with Crippen LogP contribution in [0.15, 0.2) is 12.2 Å². The minimum Gasteiger partial charge on any atom is -0.462 e. The number of rotatable bonds is 18. The van der Waals surface area contributed by atoms with Crippen molar-refractivity contribution in [3.8, 4) is 0 Å². The van der Waals surface area contributed by atoms with E-state index in [1.807, 2.05) is 6.92 Å². The summed E-state index contributed by atoms with van der Waals surface area (Å²) >= 11 is 0. The van der Waals surface area contributed by atoms with E-state index >= 15 is 0 Å². The molecule has 0 radical (unpaired) electrons. The highest BCUT2D eigenvalue weighted by atomic mass is 16.6. The number of hydrogen-bond donors (Lipinski definition) is 1. The number of aliphatic hydroxyl groups excluding tert-OH is 1. The van der Waals surface area contributed by atoms with Gasteiger partial charge in [-0.3, -0.25) is 9.59 Å². The molecule has 0 aliphatic heterocycles. The van der Waals surface area contributed by atoms with Gasteiger partial charge in [0.2, 0.25) is 0 Å². The zero-order valence-electron chi connectivity index (χ0n) is 17.4. The monoisotopic (exact) mass is 384 g/mol. The van der Waals surface area contributed by atoms with Gasteiger partial charge in [0.05, 0.1) is 6.61 Å². The molecule has 158 valence electrons. The van der Waals surface area contributed by atoms with E-state index in [2.05, 4.69) is 19.1 Å². The second kappa shape index (κ2) is 19.4. The summed E-state index contributed by atoms with van der Waals surface area (Å²) in [6.45, 7) is 3.69. The van der Waals surface area contributed by atoms with Crippen molar-refractivity contribution in [3.05, 3.63) is 12.2 Å². The first-order valence-electron chi connectivity index (χ1n) is 10.7. The number of esters is 2. The maximum Gasteiger partial charge on any atom is 0.306 e. The minimum atomic E-state index is -0.762. The third-order valence-electron chi connectivity index (χ3n) is 4.28. The number of carbonyl (C=O) groups excluding carboxylic acids is 2. The zero-order valence-corrected chi connectivity index (χ0v) is 17.4. The van der Waals surface area contributed by atoms with Gasteiger partial charge < -0.3 is 14.6 Å². The number of unbranched alkanes of at least 4 members (excludes halogenated alkanes) is 8. The molecule has 0 rings (SSSR count). The molecule has 0 fully saturated rings. The van der Waals surface area contributed by atoms with Crippen LogP contribution in [0.4, 0.5) is 0 Å². The number of carbonyl (C=O) groups is 2. The average molecular weight is 385 g/mol. The molecule has 0 heterocycles. The molecule has 0 amide bonds. The van der Waals surface area contributed by atoms with Crippen LogP contribution in [-0.4, -0.2) is 36.4 Å². The standard InChI is InChI=1S/C22H40O5/c1-3-5-6-7-8-9-10-11-12-13-14-15-17-22(25)27-20(18-23)19-26-21(24)16-4-2/h8-9,20,23H,3-7,10-19H2,1-2H3/b9-8-. The topological polar surface area (TPSA) is 72.8 Å². The predicted molar refractivity (Wildman–Crippen MR) is 108 cm³/mol. The Labute approximate surface area is 165 Å². The zero-order chi connectivity index (χ0) is 20.2. The van der Waals surface area contributed by atoms with Gasteiger partial charge in [-0.1, -0.05) is 58.1 Å². The summed E-state index contributed by atoms with van der Waals surface area (Å²) in [5.41, 5.74) is 0. The second-order valence-corrected chi connectivity index (χ2v) is 7.00. The Morgan fingerprint density at radius 2 is 1.44 bits per heavy atom. The van der Waals surface area contributed by atoms with E-state index in [1.165, 1.54) is 38.5 Å². The summed E-state index contributed by atoms with van der Waals surface area (Å²) in [6, 6.07) is 0. The van der Waals surface area contributed by atoms with Gasteiger partial charge in [-0.2, -0.15) is 0 Å². The van der Waals surface area contributed by atoms with Crippen molar-refractivity contribution in [2.75, 3.05) is 13.2 Å². The predicted octanol–water partition coefficient (Wildman–Crippen LogP) is 5.10. The molecule has 0 bridgehead atoms. The molecule has 0 aliphatic carbocycles. The fraction of sp³-hybridized carbons (Fsp3) is 0.818. The Hall–Kier alpha value is -1.36. The molecule has 0 spiro atoms. The van der Waals surface area contributed by atoms with Crippen molar-refractivity contribution in [2.24, 2.45) is 0 Å². The molecule has 5 heteroatoms. The van der Waals surface area contributed by atoms with Crippen LogP contribution in [0.5, 0.6) is 0 Å². The lowest BCUT2D eigenvalue weighted by atomic mass is 10.1. The molecule has 0 saturated heterocycles. The molecular weight excluding hydrogens is 344 g/mol. The molecule has 0 aliphatic rings. The van der Waals surface area contributed by atoms with Crippen LogP contribution in [0.1, 0.15) is 97.3 Å². The summed E-state index contributed by atoms with van der Waals surface area (Å²) in [4.78, 5) is 23.1. The van der Waals surface area contributed by atoms with Crippen molar-refractivity contribution >= 4 is 11.9 Å². The van der Waals surface area contributed by atoms with Gasteiger partial charge >= 0.3 is 11.9 Å². The fourth-order valence-corrected chi connectivity index (χ4v) is 2.64. The highest BCUT2D eigenvalue weighted by molar-refractivity contribution is 5.70. The maximum absolute atomic E-state index is 11.8. The van der Waals surface area contributed by atoms with Crippen molar-refractivity contribution in [1.82, 2.24) is 0 Å². The quantitative estimate of drug-likeness (QED) is 0.202. The molecule has 0 saturated carbocycles. The molecular formula is C22H40O5.